The molecule has 4 aliphatic carbocycles. The molecule has 2 saturated heterocycles. The first-order valence-corrected chi connectivity index (χ1v) is 13.3. The van der Waals surface area contributed by atoms with Gasteiger partial charge in [0.2, 0.25) is 0 Å². The van der Waals surface area contributed by atoms with Gasteiger partial charge < -0.3 is 14.6 Å². The lowest BCUT2D eigenvalue weighted by Crippen LogP contribution is -2.55. The fourth-order valence-electron chi connectivity index (χ4n) is 10.3. The van der Waals surface area contributed by atoms with E-state index in [4.69, 9.17) is 9.47 Å². The Kier molecular flexibility index (Phi) is 4.58. The van der Waals surface area contributed by atoms with Gasteiger partial charge in [-0.3, -0.25) is 0 Å². The summed E-state index contributed by atoms with van der Waals surface area (Å²) in [5.74, 6) is 4.93. The van der Waals surface area contributed by atoms with Crippen molar-refractivity contribution in [2.24, 2.45) is 52.3 Å². The maximum Gasteiger partial charge on any atom is 0.171 e. The first-order chi connectivity index (χ1) is 14.3. The molecule has 6 fully saturated rings. The molecule has 0 aromatic carbocycles. The van der Waals surface area contributed by atoms with E-state index in [-0.39, 0.29) is 11.9 Å². The molecule has 30 heavy (non-hydrogen) atoms. The van der Waals surface area contributed by atoms with E-state index in [1.807, 2.05) is 0 Å². The monoisotopic (exact) mass is 416 g/mol. The highest BCUT2D eigenvalue weighted by Gasteiger charge is 2.69. The minimum atomic E-state index is -0.282. The third-order valence-corrected chi connectivity index (χ3v) is 11.9. The van der Waals surface area contributed by atoms with Crippen molar-refractivity contribution in [3.8, 4) is 0 Å². The highest BCUT2D eigenvalue weighted by molar-refractivity contribution is 5.15. The predicted octanol–water partition coefficient (Wildman–Crippen LogP) is 5.79. The average molecular weight is 417 g/mol. The topological polar surface area (TPSA) is 38.7 Å². The van der Waals surface area contributed by atoms with E-state index in [2.05, 4.69) is 27.7 Å². The summed E-state index contributed by atoms with van der Waals surface area (Å²) >= 11 is 0. The maximum atomic E-state index is 10.3. The standard InChI is InChI=1S/C27H44O3/c1-16-7-12-27(29-15-16)17(2)24-23(30-27)14-22-20-6-5-18-13-19(28)8-10-25(18,3)21(20)9-11-26(22,24)4/h16-24,28H,5-15H2,1-4H3/t16?,17?,18?,19-,20?,21?,22?,23?,24?,25?,26?,27?/m0/s1. The normalized spacial score (nSPS) is 62.5. The first-order valence-electron chi connectivity index (χ1n) is 13.3. The van der Waals surface area contributed by atoms with Gasteiger partial charge in [0.1, 0.15) is 0 Å². The Morgan fingerprint density at radius 2 is 1.63 bits per heavy atom. The Morgan fingerprint density at radius 1 is 0.833 bits per heavy atom. The van der Waals surface area contributed by atoms with Crippen LogP contribution in [0.2, 0.25) is 0 Å². The summed E-state index contributed by atoms with van der Waals surface area (Å²) in [7, 11) is 0. The Labute approximate surface area is 183 Å². The van der Waals surface area contributed by atoms with E-state index >= 15 is 0 Å². The number of ether oxygens (including phenoxy) is 2. The quantitative estimate of drug-likeness (QED) is 0.543. The van der Waals surface area contributed by atoms with Crippen LogP contribution in [-0.4, -0.2) is 29.7 Å². The van der Waals surface area contributed by atoms with Crippen LogP contribution in [0.3, 0.4) is 0 Å². The van der Waals surface area contributed by atoms with Gasteiger partial charge in [-0.05, 0) is 104 Å². The summed E-state index contributed by atoms with van der Waals surface area (Å²) in [6, 6.07) is 0. The Morgan fingerprint density at radius 3 is 2.40 bits per heavy atom. The van der Waals surface area contributed by atoms with Crippen molar-refractivity contribution in [2.45, 2.75) is 110 Å². The molecule has 2 aliphatic heterocycles. The Balaban J connectivity index is 1.26. The molecule has 0 radical (unpaired) electrons. The zero-order chi connectivity index (χ0) is 20.9. The van der Waals surface area contributed by atoms with Crippen LogP contribution < -0.4 is 0 Å². The van der Waals surface area contributed by atoms with Crippen LogP contribution in [0, 0.1) is 52.3 Å². The summed E-state index contributed by atoms with van der Waals surface area (Å²) < 4.78 is 13.4. The summed E-state index contributed by atoms with van der Waals surface area (Å²) in [6.07, 6.45) is 12.9. The predicted molar refractivity (Wildman–Crippen MR) is 118 cm³/mol. The van der Waals surface area contributed by atoms with Gasteiger partial charge in [0, 0.05) is 12.3 Å². The molecule has 0 amide bonds. The summed E-state index contributed by atoms with van der Waals surface area (Å²) in [6.45, 7) is 10.9. The fraction of sp³-hybridized carbons (Fsp3) is 1.00. The summed E-state index contributed by atoms with van der Waals surface area (Å²) in [5, 5.41) is 10.3. The number of fused-ring (bicyclic) bond motifs is 7. The molecule has 170 valence electrons. The molecule has 6 aliphatic rings. The lowest BCUT2D eigenvalue weighted by Gasteiger charge is -2.61. The zero-order valence-electron chi connectivity index (χ0n) is 19.7. The maximum absolute atomic E-state index is 10.3. The van der Waals surface area contributed by atoms with Gasteiger partial charge in [-0.25, -0.2) is 0 Å². The first kappa shape index (κ1) is 20.5. The molecule has 4 saturated carbocycles. The average Bonchev–Trinajstić information content (AvgIpc) is 3.16. The highest BCUT2D eigenvalue weighted by atomic mass is 16.7. The summed E-state index contributed by atoms with van der Waals surface area (Å²) in [4.78, 5) is 0. The number of hydrogen-bond donors (Lipinski definition) is 1. The second-order valence-corrected chi connectivity index (χ2v) is 13.1. The van der Waals surface area contributed by atoms with E-state index in [1.165, 1.54) is 44.9 Å². The Bertz CT molecular complexity index is 684. The molecule has 0 aromatic heterocycles. The van der Waals surface area contributed by atoms with Crippen molar-refractivity contribution >= 4 is 0 Å². The van der Waals surface area contributed by atoms with Crippen molar-refractivity contribution in [3.63, 3.8) is 0 Å². The fourth-order valence-corrected chi connectivity index (χ4v) is 10.3. The van der Waals surface area contributed by atoms with Gasteiger partial charge in [-0.2, -0.15) is 0 Å². The van der Waals surface area contributed by atoms with Crippen LogP contribution in [0.1, 0.15) is 91.9 Å². The number of aliphatic hydroxyl groups is 1. The number of aliphatic hydroxyl groups excluding tert-OH is 1. The van der Waals surface area contributed by atoms with Crippen LogP contribution in [0.5, 0.6) is 0 Å². The van der Waals surface area contributed by atoms with Crippen LogP contribution >= 0.6 is 0 Å². The second-order valence-electron chi connectivity index (χ2n) is 13.1. The molecule has 12 atom stereocenters. The Hall–Kier alpha value is -0.120. The SMILES string of the molecule is CC1CCC2(OC1)OC1CC3C4CCC5C[C@@H](O)CCC5(C)C4CCC3(C)C1C2C. The molecule has 2 heterocycles. The molecule has 3 heteroatoms. The van der Waals surface area contributed by atoms with Crippen molar-refractivity contribution in [1.82, 2.24) is 0 Å². The molecule has 6 rings (SSSR count). The number of hydrogen-bond acceptors (Lipinski definition) is 3. The minimum Gasteiger partial charge on any atom is -0.393 e. The minimum absolute atomic E-state index is 0.0389. The third kappa shape index (κ3) is 2.61. The summed E-state index contributed by atoms with van der Waals surface area (Å²) in [5.41, 5.74) is 0.899. The zero-order valence-corrected chi connectivity index (χ0v) is 19.7. The van der Waals surface area contributed by atoms with Crippen LogP contribution in [-0.2, 0) is 9.47 Å². The van der Waals surface area contributed by atoms with Gasteiger partial charge in [-0.1, -0.05) is 27.7 Å². The van der Waals surface area contributed by atoms with Crippen LogP contribution in [0.4, 0.5) is 0 Å². The lowest BCUT2D eigenvalue weighted by atomic mass is 9.44. The van der Waals surface area contributed by atoms with E-state index in [1.54, 1.807) is 0 Å². The van der Waals surface area contributed by atoms with Crippen molar-refractivity contribution in [1.29, 1.82) is 0 Å². The van der Waals surface area contributed by atoms with Crippen molar-refractivity contribution < 1.29 is 14.6 Å². The van der Waals surface area contributed by atoms with Gasteiger partial charge in [0.05, 0.1) is 18.8 Å². The van der Waals surface area contributed by atoms with E-state index < -0.39 is 0 Å². The van der Waals surface area contributed by atoms with Gasteiger partial charge in [-0.15, -0.1) is 0 Å². The highest BCUT2D eigenvalue weighted by Crippen LogP contribution is 2.71. The van der Waals surface area contributed by atoms with Crippen molar-refractivity contribution in [3.05, 3.63) is 0 Å². The number of rotatable bonds is 0. The molecular formula is C27H44O3. The molecular weight excluding hydrogens is 372 g/mol. The molecule has 0 bridgehead atoms. The molecule has 11 unspecified atom stereocenters. The molecule has 1 spiro atoms. The molecule has 0 aromatic rings. The largest absolute Gasteiger partial charge is 0.393 e. The van der Waals surface area contributed by atoms with Gasteiger partial charge in [0.15, 0.2) is 5.79 Å². The third-order valence-electron chi connectivity index (χ3n) is 11.9. The molecule has 1 N–H and O–H groups in total. The van der Waals surface area contributed by atoms with Crippen LogP contribution in [0.15, 0.2) is 0 Å². The second kappa shape index (κ2) is 6.70. The van der Waals surface area contributed by atoms with Crippen LogP contribution in [0.25, 0.3) is 0 Å². The lowest BCUT2D eigenvalue weighted by molar-refractivity contribution is -0.273. The van der Waals surface area contributed by atoms with E-state index in [0.29, 0.717) is 34.7 Å². The van der Waals surface area contributed by atoms with E-state index in [0.717, 1.165) is 49.5 Å². The smallest absolute Gasteiger partial charge is 0.171 e. The van der Waals surface area contributed by atoms with E-state index in [9.17, 15) is 5.11 Å². The van der Waals surface area contributed by atoms with Gasteiger partial charge >= 0.3 is 0 Å². The molecule has 3 nitrogen and oxygen atoms in total. The van der Waals surface area contributed by atoms with Gasteiger partial charge in [0.25, 0.3) is 0 Å². The van der Waals surface area contributed by atoms with Crippen molar-refractivity contribution in [2.75, 3.05) is 6.61 Å².